The van der Waals surface area contributed by atoms with E-state index in [4.69, 9.17) is 21.9 Å². The molecule has 18 heavy (non-hydrogen) atoms. The number of alkyl halides is 3. The number of rotatable bonds is 1. The number of nitrogen functional groups attached to an aromatic ring is 1. The monoisotopic (exact) mass is 278 g/mol. The van der Waals surface area contributed by atoms with Crippen LogP contribution in [0.25, 0.3) is 11.3 Å². The minimum absolute atomic E-state index is 0.0158. The van der Waals surface area contributed by atoms with Gasteiger partial charge in [0.1, 0.15) is 5.75 Å². The summed E-state index contributed by atoms with van der Waals surface area (Å²) >= 11 is 5.58. The highest BCUT2D eigenvalue weighted by Gasteiger charge is 2.36. The highest BCUT2D eigenvalue weighted by atomic mass is 35.5. The molecule has 1 aromatic heterocycles. The molecule has 0 amide bonds. The van der Waals surface area contributed by atoms with Gasteiger partial charge in [0.05, 0.1) is 11.1 Å². The van der Waals surface area contributed by atoms with Gasteiger partial charge in [-0.2, -0.15) is 13.2 Å². The van der Waals surface area contributed by atoms with Crippen LogP contribution in [-0.4, -0.2) is 10.3 Å². The largest absolute Gasteiger partial charge is 0.507 e. The molecule has 3 N–H and O–H groups in total. The average Bonchev–Trinajstić information content (AvgIpc) is 2.66. The fraction of sp³-hybridized carbons (Fsp3) is 0.100. The molecule has 0 aliphatic heterocycles. The smallest absolute Gasteiger partial charge is 0.420 e. The molecule has 4 nitrogen and oxygen atoms in total. The van der Waals surface area contributed by atoms with Gasteiger partial charge in [-0.25, -0.2) is 0 Å². The number of aromatic hydroxyl groups is 1. The van der Waals surface area contributed by atoms with Gasteiger partial charge in [-0.1, -0.05) is 16.8 Å². The molecule has 0 aliphatic carbocycles. The van der Waals surface area contributed by atoms with E-state index in [1.165, 1.54) is 6.07 Å². The Bertz CT molecular complexity index is 595. The van der Waals surface area contributed by atoms with Crippen molar-refractivity contribution < 1.29 is 22.8 Å². The first-order valence-corrected chi connectivity index (χ1v) is 4.99. The van der Waals surface area contributed by atoms with E-state index in [-0.39, 0.29) is 22.2 Å². The molecule has 0 fully saturated rings. The van der Waals surface area contributed by atoms with E-state index in [1.807, 2.05) is 0 Å². The van der Waals surface area contributed by atoms with Crippen LogP contribution in [-0.2, 0) is 6.18 Å². The summed E-state index contributed by atoms with van der Waals surface area (Å²) in [4.78, 5) is 0. The first-order chi connectivity index (χ1) is 8.29. The van der Waals surface area contributed by atoms with Crippen LogP contribution in [0.4, 0.5) is 19.0 Å². The normalized spacial score (nSPS) is 11.8. The second-order valence-corrected chi connectivity index (χ2v) is 3.90. The zero-order chi connectivity index (χ0) is 13.5. The highest BCUT2D eigenvalue weighted by molar-refractivity contribution is 6.31. The van der Waals surface area contributed by atoms with Crippen molar-refractivity contribution in [2.45, 2.75) is 6.18 Å². The number of nitrogens with two attached hydrogens (primary N) is 1. The fourth-order valence-electron chi connectivity index (χ4n) is 1.42. The molecule has 1 heterocycles. The van der Waals surface area contributed by atoms with Crippen LogP contribution < -0.4 is 5.73 Å². The summed E-state index contributed by atoms with van der Waals surface area (Å²) in [5, 5.41) is 12.7. The van der Waals surface area contributed by atoms with Crippen LogP contribution >= 0.6 is 11.6 Å². The lowest BCUT2D eigenvalue weighted by Crippen LogP contribution is -2.05. The summed E-state index contributed by atoms with van der Waals surface area (Å²) in [5.41, 5.74) is 3.81. The van der Waals surface area contributed by atoms with Crippen molar-refractivity contribution in [3.63, 3.8) is 0 Å². The molecule has 96 valence electrons. The van der Waals surface area contributed by atoms with Gasteiger partial charge in [0.15, 0.2) is 11.6 Å². The molecule has 8 heteroatoms. The Morgan fingerprint density at radius 3 is 2.44 bits per heavy atom. The third kappa shape index (κ3) is 2.21. The van der Waals surface area contributed by atoms with Crippen molar-refractivity contribution in [2.75, 3.05) is 5.73 Å². The van der Waals surface area contributed by atoms with Crippen molar-refractivity contribution in [2.24, 2.45) is 0 Å². The predicted molar refractivity (Wildman–Crippen MR) is 58.0 cm³/mol. The number of hydrogen-bond acceptors (Lipinski definition) is 4. The molecule has 0 unspecified atom stereocenters. The first-order valence-electron chi connectivity index (χ1n) is 4.61. The van der Waals surface area contributed by atoms with E-state index < -0.39 is 17.5 Å². The zero-order valence-corrected chi connectivity index (χ0v) is 9.38. The Morgan fingerprint density at radius 2 is 1.94 bits per heavy atom. The van der Waals surface area contributed by atoms with Crippen LogP contribution in [0.15, 0.2) is 22.7 Å². The van der Waals surface area contributed by atoms with Crippen LogP contribution in [0.3, 0.4) is 0 Å². The topological polar surface area (TPSA) is 72.3 Å². The molecule has 0 radical (unpaired) electrons. The van der Waals surface area contributed by atoms with Crippen LogP contribution in [0.1, 0.15) is 5.56 Å². The van der Waals surface area contributed by atoms with Crippen molar-refractivity contribution in [1.82, 2.24) is 5.16 Å². The third-order valence-electron chi connectivity index (χ3n) is 2.17. The SMILES string of the molecule is Nc1cc(-c2cc(Cl)cc(C(F)(F)F)c2O)on1. The molecule has 0 atom stereocenters. The molecule has 0 aliphatic rings. The number of benzene rings is 1. The minimum atomic E-state index is -4.73. The molecule has 2 aromatic rings. The fourth-order valence-corrected chi connectivity index (χ4v) is 1.64. The Labute approximate surface area is 104 Å². The van der Waals surface area contributed by atoms with Crippen molar-refractivity contribution in [1.29, 1.82) is 0 Å². The average molecular weight is 279 g/mol. The number of phenolic OH excluding ortho intramolecular Hbond substituents is 1. The van der Waals surface area contributed by atoms with Crippen LogP contribution in [0, 0.1) is 0 Å². The summed E-state index contributed by atoms with van der Waals surface area (Å²) in [7, 11) is 0. The quantitative estimate of drug-likeness (QED) is 0.839. The van der Waals surface area contributed by atoms with Crippen LogP contribution in [0.2, 0.25) is 5.02 Å². The molecule has 0 bridgehead atoms. The van der Waals surface area contributed by atoms with E-state index in [0.29, 0.717) is 6.07 Å². The zero-order valence-electron chi connectivity index (χ0n) is 8.62. The Hall–Kier alpha value is -1.89. The van der Waals surface area contributed by atoms with Gasteiger partial charge in [-0.15, -0.1) is 0 Å². The van der Waals surface area contributed by atoms with E-state index in [0.717, 1.165) is 6.07 Å². The second kappa shape index (κ2) is 4.09. The van der Waals surface area contributed by atoms with E-state index in [2.05, 4.69) is 5.16 Å². The number of aromatic nitrogens is 1. The summed E-state index contributed by atoms with van der Waals surface area (Å²) in [6.45, 7) is 0. The lowest BCUT2D eigenvalue weighted by molar-refractivity contribution is -0.138. The Kier molecular flexibility index (Phi) is 2.86. The summed E-state index contributed by atoms with van der Waals surface area (Å²) < 4.78 is 42.6. The van der Waals surface area contributed by atoms with Gasteiger partial charge in [0, 0.05) is 11.1 Å². The maximum atomic E-state index is 12.6. The van der Waals surface area contributed by atoms with Crippen molar-refractivity contribution in [3.8, 4) is 17.1 Å². The maximum absolute atomic E-state index is 12.6. The van der Waals surface area contributed by atoms with Gasteiger partial charge >= 0.3 is 6.18 Å². The van der Waals surface area contributed by atoms with Gasteiger partial charge in [-0.05, 0) is 12.1 Å². The molecule has 2 rings (SSSR count). The van der Waals surface area contributed by atoms with Crippen LogP contribution in [0.5, 0.6) is 5.75 Å². The number of anilines is 1. The molecule has 0 spiro atoms. The number of nitrogens with zero attached hydrogens (tertiary/aromatic N) is 1. The lowest BCUT2D eigenvalue weighted by atomic mass is 10.1. The van der Waals surface area contributed by atoms with Gasteiger partial charge in [0.25, 0.3) is 0 Å². The summed E-state index contributed by atoms with van der Waals surface area (Å²) in [5.74, 6) is -1.10. The molecular weight excluding hydrogens is 273 g/mol. The Morgan fingerprint density at radius 1 is 1.28 bits per heavy atom. The molecule has 1 aromatic carbocycles. The first kappa shape index (κ1) is 12.6. The second-order valence-electron chi connectivity index (χ2n) is 3.46. The van der Waals surface area contributed by atoms with E-state index in [9.17, 15) is 18.3 Å². The van der Waals surface area contributed by atoms with E-state index in [1.54, 1.807) is 0 Å². The highest BCUT2D eigenvalue weighted by Crippen LogP contribution is 2.43. The van der Waals surface area contributed by atoms with E-state index >= 15 is 0 Å². The lowest BCUT2D eigenvalue weighted by Gasteiger charge is -2.11. The Balaban J connectivity index is 2.66. The van der Waals surface area contributed by atoms with Gasteiger partial charge in [-0.3, -0.25) is 0 Å². The van der Waals surface area contributed by atoms with Gasteiger partial charge < -0.3 is 15.4 Å². The molecule has 0 saturated heterocycles. The summed E-state index contributed by atoms with van der Waals surface area (Å²) in [6, 6.07) is 2.94. The third-order valence-corrected chi connectivity index (χ3v) is 2.39. The molecule has 0 saturated carbocycles. The number of hydrogen-bond donors (Lipinski definition) is 2. The molecular formula is C10H6ClF3N2O2. The maximum Gasteiger partial charge on any atom is 0.420 e. The standard InChI is InChI=1S/C10H6ClF3N2O2/c11-4-1-5(7-3-8(15)16-18-7)9(17)6(2-4)10(12,13)14/h1-3,17H,(H2,15,16). The van der Waals surface area contributed by atoms with Gasteiger partial charge in [0.2, 0.25) is 0 Å². The predicted octanol–water partition coefficient (Wildman–Crippen LogP) is 3.30. The minimum Gasteiger partial charge on any atom is -0.507 e. The van der Waals surface area contributed by atoms with Crippen molar-refractivity contribution in [3.05, 3.63) is 28.8 Å². The number of halogens is 4. The summed E-state index contributed by atoms with van der Waals surface area (Å²) in [6.07, 6.45) is -4.73. The van der Waals surface area contributed by atoms with Crippen molar-refractivity contribution >= 4 is 17.4 Å². The number of phenols is 1.